The highest BCUT2D eigenvalue weighted by Gasteiger charge is 1.98. The van der Waals surface area contributed by atoms with Crippen molar-refractivity contribution in [2.75, 3.05) is 20.1 Å². The van der Waals surface area contributed by atoms with E-state index in [0.29, 0.717) is 0 Å². The molecule has 0 saturated carbocycles. The average Bonchev–Trinajstić information content (AvgIpc) is 2.38. The molecule has 0 rings (SSSR count). The van der Waals surface area contributed by atoms with E-state index in [2.05, 4.69) is 62.6 Å². The number of allylic oxidation sites excluding steroid dienone is 5. The van der Waals surface area contributed by atoms with Crippen molar-refractivity contribution in [3.8, 4) is 0 Å². The summed E-state index contributed by atoms with van der Waals surface area (Å²) in [6.07, 6.45) is 11.9. The highest BCUT2D eigenvalue weighted by atomic mass is 14.8. The number of hydrogen-bond acceptors (Lipinski definition) is 2. The van der Waals surface area contributed by atoms with E-state index >= 15 is 0 Å². The lowest BCUT2D eigenvalue weighted by Gasteiger charge is -2.07. The van der Waals surface area contributed by atoms with E-state index in [1.807, 2.05) is 13.2 Å². The molecule has 0 aromatic heterocycles. The Kier molecular flexibility index (Phi) is 10.1. The van der Waals surface area contributed by atoms with Gasteiger partial charge in [0.2, 0.25) is 0 Å². The maximum atomic E-state index is 3.38. The van der Waals surface area contributed by atoms with E-state index in [1.54, 1.807) is 0 Å². The van der Waals surface area contributed by atoms with Gasteiger partial charge < -0.3 is 10.6 Å². The van der Waals surface area contributed by atoms with Crippen LogP contribution in [0.3, 0.4) is 0 Å². The summed E-state index contributed by atoms with van der Waals surface area (Å²) >= 11 is 0. The van der Waals surface area contributed by atoms with Gasteiger partial charge in [0.25, 0.3) is 0 Å². The fourth-order valence-electron chi connectivity index (χ4n) is 1.62. The molecule has 0 fully saturated rings. The summed E-state index contributed by atoms with van der Waals surface area (Å²) in [6, 6.07) is 0. The van der Waals surface area contributed by atoms with Crippen LogP contribution in [0.15, 0.2) is 47.2 Å². The Morgan fingerprint density at radius 3 is 2.44 bits per heavy atom. The van der Waals surface area contributed by atoms with Crippen molar-refractivity contribution >= 4 is 0 Å². The van der Waals surface area contributed by atoms with Gasteiger partial charge in [0.15, 0.2) is 0 Å². The van der Waals surface area contributed by atoms with Crippen LogP contribution in [-0.4, -0.2) is 20.1 Å². The van der Waals surface area contributed by atoms with Crippen LogP contribution in [0.5, 0.6) is 0 Å². The molecule has 0 bridgehead atoms. The Balaban J connectivity index is 4.99. The van der Waals surface area contributed by atoms with Crippen molar-refractivity contribution in [1.82, 2.24) is 10.6 Å². The Morgan fingerprint density at radius 2 is 1.94 bits per heavy atom. The van der Waals surface area contributed by atoms with E-state index in [9.17, 15) is 0 Å². The third kappa shape index (κ3) is 7.13. The van der Waals surface area contributed by atoms with E-state index in [-0.39, 0.29) is 0 Å². The molecule has 2 nitrogen and oxygen atoms in total. The SMILES string of the molecule is C/C=C(\C=C(/C=C/CC)CNCC)C(/C)=C/NC. The highest BCUT2D eigenvalue weighted by molar-refractivity contribution is 5.42. The molecular formula is C16H28N2. The molecule has 0 aliphatic heterocycles. The molecule has 2 heteroatoms. The first-order valence-electron chi connectivity index (χ1n) is 6.78. The van der Waals surface area contributed by atoms with Gasteiger partial charge in [-0.3, -0.25) is 0 Å². The maximum Gasteiger partial charge on any atom is 0.0205 e. The van der Waals surface area contributed by atoms with Gasteiger partial charge in [-0.25, -0.2) is 0 Å². The van der Waals surface area contributed by atoms with Crippen LogP contribution in [0.2, 0.25) is 0 Å². The maximum absolute atomic E-state index is 3.38. The van der Waals surface area contributed by atoms with Gasteiger partial charge in [0.1, 0.15) is 0 Å². The van der Waals surface area contributed by atoms with Crippen LogP contribution >= 0.6 is 0 Å². The minimum Gasteiger partial charge on any atom is -0.394 e. The number of rotatable bonds is 8. The predicted octanol–water partition coefficient (Wildman–Crippen LogP) is 3.56. The lowest BCUT2D eigenvalue weighted by molar-refractivity contribution is 0.784. The van der Waals surface area contributed by atoms with Crippen molar-refractivity contribution in [3.05, 3.63) is 47.2 Å². The van der Waals surface area contributed by atoms with Crippen LogP contribution in [0.1, 0.15) is 34.1 Å². The van der Waals surface area contributed by atoms with Crippen LogP contribution in [0.4, 0.5) is 0 Å². The first-order valence-corrected chi connectivity index (χ1v) is 6.78. The molecule has 0 aromatic rings. The number of likely N-dealkylation sites (N-methyl/N-ethyl adjacent to an activating group) is 1. The predicted molar refractivity (Wildman–Crippen MR) is 82.6 cm³/mol. The van der Waals surface area contributed by atoms with E-state index in [0.717, 1.165) is 19.5 Å². The molecule has 18 heavy (non-hydrogen) atoms. The summed E-state index contributed by atoms with van der Waals surface area (Å²) in [7, 11) is 1.93. The molecule has 0 heterocycles. The smallest absolute Gasteiger partial charge is 0.0205 e. The van der Waals surface area contributed by atoms with Crippen molar-refractivity contribution in [3.63, 3.8) is 0 Å². The second-order valence-corrected chi connectivity index (χ2v) is 4.17. The molecule has 0 atom stereocenters. The fraction of sp³-hybridized carbons (Fsp3) is 0.500. The first-order chi connectivity index (χ1) is 8.69. The summed E-state index contributed by atoms with van der Waals surface area (Å²) in [5.74, 6) is 0. The molecule has 0 saturated heterocycles. The number of hydrogen-bond donors (Lipinski definition) is 2. The van der Waals surface area contributed by atoms with Gasteiger partial charge in [0, 0.05) is 13.6 Å². The lowest BCUT2D eigenvalue weighted by atomic mass is 10.0. The largest absolute Gasteiger partial charge is 0.394 e. The van der Waals surface area contributed by atoms with Gasteiger partial charge in [-0.05, 0) is 49.7 Å². The van der Waals surface area contributed by atoms with E-state index in [1.165, 1.54) is 16.7 Å². The summed E-state index contributed by atoms with van der Waals surface area (Å²) in [5.41, 5.74) is 3.83. The second kappa shape index (κ2) is 10.8. The zero-order chi connectivity index (χ0) is 13.8. The molecular weight excluding hydrogens is 220 g/mol. The zero-order valence-corrected chi connectivity index (χ0v) is 12.5. The molecule has 0 aliphatic carbocycles. The molecule has 0 aromatic carbocycles. The standard InChI is InChI=1S/C16H28N2/c1-6-9-10-15(13-18-8-3)11-16(7-2)14(4)12-17-5/h7,9-12,17-18H,6,8,13H2,1-5H3/b10-9+,14-12+,15-11+,16-7+. The highest BCUT2D eigenvalue weighted by Crippen LogP contribution is 2.13. The van der Waals surface area contributed by atoms with Crippen molar-refractivity contribution in [2.24, 2.45) is 0 Å². The summed E-state index contributed by atoms with van der Waals surface area (Å²) < 4.78 is 0. The summed E-state index contributed by atoms with van der Waals surface area (Å²) in [5, 5.41) is 6.45. The minimum atomic E-state index is 0.914. The van der Waals surface area contributed by atoms with Crippen LogP contribution in [-0.2, 0) is 0 Å². The summed E-state index contributed by atoms with van der Waals surface area (Å²) in [6.45, 7) is 10.4. The molecule has 0 radical (unpaired) electrons. The minimum absolute atomic E-state index is 0.914. The summed E-state index contributed by atoms with van der Waals surface area (Å²) in [4.78, 5) is 0. The van der Waals surface area contributed by atoms with Crippen molar-refractivity contribution in [1.29, 1.82) is 0 Å². The van der Waals surface area contributed by atoms with Gasteiger partial charge in [-0.1, -0.05) is 38.2 Å². The first kappa shape index (κ1) is 16.7. The topological polar surface area (TPSA) is 24.1 Å². The fourth-order valence-corrected chi connectivity index (χ4v) is 1.62. The third-order valence-corrected chi connectivity index (χ3v) is 2.61. The Labute approximate surface area is 113 Å². The Hall–Kier alpha value is -1.28. The second-order valence-electron chi connectivity index (χ2n) is 4.17. The normalized spacial score (nSPS) is 14.4. The quantitative estimate of drug-likeness (QED) is 0.642. The monoisotopic (exact) mass is 248 g/mol. The zero-order valence-electron chi connectivity index (χ0n) is 12.5. The van der Waals surface area contributed by atoms with Crippen molar-refractivity contribution in [2.45, 2.75) is 34.1 Å². The van der Waals surface area contributed by atoms with Crippen LogP contribution in [0.25, 0.3) is 0 Å². The molecule has 0 amide bonds. The molecule has 0 unspecified atom stereocenters. The average molecular weight is 248 g/mol. The van der Waals surface area contributed by atoms with Gasteiger partial charge in [0.05, 0.1) is 0 Å². The van der Waals surface area contributed by atoms with Gasteiger partial charge >= 0.3 is 0 Å². The Bertz CT molecular complexity index is 333. The third-order valence-electron chi connectivity index (χ3n) is 2.61. The lowest BCUT2D eigenvalue weighted by Crippen LogP contribution is -2.15. The molecule has 0 spiro atoms. The van der Waals surface area contributed by atoms with Crippen LogP contribution in [0, 0.1) is 0 Å². The van der Waals surface area contributed by atoms with Gasteiger partial charge in [-0.15, -0.1) is 0 Å². The van der Waals surface area contributed by atoms with Crippen molar-refractivity contribution < 1.29 is 0 Å². The molecule has 102 valence electrons. The Morgan fingerprint density at radius 1 is 1.22 bits per heavy atom. The molecule has 2 N–H and O–H groups in total. The van der Waals surface area contributed by atoms with E-state index < -0.39 is 0 Å². The van der Waals surface area contributed by atoms with Gasteiger partial charge in [-0.2, -0.15) is 0 Å². The molecule has 0 aliphatic rings. The van der Waals surface area contributed by atoms with E-state index in [4.69, 9.17) is 0 Å². The number of nitrogens with one attached hydrogen (secondary N) is 2. The van der Waals surface area contributed by atoms with Crippen LogP contribution < -0.4 is 10.6 Å².